The van der Waals surface area contributed by atoms with Crippen LogP contribution >= 0.6 is 0 Å². The van der Waals surface area contributed by atoms with E-state index in [1.54, 1.807) is 24.4 Å². The van der Waals surface area contributed by atoms with Gasteiger partial charge in [-0.05, 0) is 142 Å². The lowest BCUT2D eigenvalue weighted by Crippen LogP contribution is -2.54. The van der Waals surface area contributed by atoms with Crippen LogP contribution in [0.2, 0.25) is 0 Å². The number of aromatic nitrogens is 2. The highest BCUT2D eigenvalue weighted by atomic mass is 32.2. The van der Waals surface area contributed by atoms with Gasteiger partial charge in [-0.1, -0.05) is 52.0 Å². The van der Waals surface area contributed by atoms with Gasteiger partial charge in [0.1, 0.15) is 18.0 Å². The fraction of sp³-hybridized carbons (Fsp3) is 0.544. The van der Waals surface area contributed by atoms with Crippen molar-refractivity contribution in [3.05, 3.63) is 99.7 Å². The van der Waals surface area contributed by atoms with Gasteiger partial charge in [0.15, 0.2) is 17.2 Å². The summed E-state index contributed by atoms with van der Waals surface area (Å²) < 4.78 is 55.6. The molecule has 4 aliphatic heterocycles. The highest BCUT2D eigenvalue weighted by Gasteiger charge is 2.50. The minimum atomic E-state index is -4.69. The molecule has 16 nitrogen and oxygen atoms in total. The van der Waals surface area contributed by atoms with E-state index < -0.39 is 31.4 Å². The summed E-state index contributed by atoms with van der Waals surface area (Å²) in [7, 11) is -4.69. The molecule has 6 heterocycles. The highest BCUT2D eigenvalue weighted by molar-refractivity contribution is 7.90. The quantitative estimate of drug-likeness (QED) is 0.0704. The van der Waals surface area contributed by atoms with Gasteiger partial charge < -0.3 is 34.1 Å². The molecule has 3 aromatic carbocycles. The van der Waals surface area contributed by atoms with E-state index >= 15 is 0 Å². The molecule has 3 N–H and O–H groups in total. The molecule has 394 valence electrons. The molecule has 3 saturated heterocycles. The van der Waals surface area contributed by atoms with Crippen molar-refractivity contribution in [1.29, 1.82) is 0 Å². The maximum Gasteiger partial charge on any atom is 0.297 e. The predicted octanol–water partition coefficient (Wildman–Crippen LogP) is 11.3. The van der Waals surface area contributed by atoms with Crippen LogP contribution in [0.25, 0.3) is 11.0 Å². The number of hydrogen-bond donors (Lipinski definition) is 3. The topological polar surface area (TPSA) is 190 Å². The maximum absolute atomic E-state index is 14.5. The zero-order chi connectivity index (χ0) is 51.4. The van der Waals surface area contributed by atoms with Crippen molar-refractivity contribution in [3.8, 4) is 23.1 Å². The lowest BCUT2D eigenvalue weighted by molar-refractivity contribution is -0.384. The second-order valence-electron chi connectivity index (χ2n) is 23.2. The van der Waals surface area contributed by atoms with Crippen molar-refractivity contribution < 1.29 is 37.1 Å². The number of H-pyrrole nitrogens is 1. The molecular formula is C57H71N7O9S. The summed E-state index contributed by atoms with van der Waals surface area (Å²) in [5.74, 6) is 0.533. The highest BCUT2D eigenvalue weighted by Crippen LogP contribution is 2.55. The number of benzene rings is 3. The van der Waals surface area contributed by atoms with Gasteiger partial charge in [-0.2, -0.15) is 4.98 Å². The minimum Gasteiger partial charge on any atom is -0.489 e. The summed E-state index contributed by atoms with van der Waals surface area (Å²) in [4.78, 5) is 39.0. The van der Waals surface area contributed by atoms with Crippen molar-refractivity contribution in [3.63, 3.8) is 0 Å². The van der Waals surface area contributed by atoms with Crippen molar-refractivity contribution in [1.82, 2.24) is 19.6 Å². The molecule has 3 atom stereocenters. The average Bonchev–Trinajstić information content (AvgIpc) is 4.07. The molecule has 17 heteroatoms. The smallest absolute Gasteiger partial charge is 0.297 e. The van der Waals surface area contributed by atoms with E-state index in [0.29, 0.717) is 43.5 Å². The third kappa shape index (κ3) is 10.3. The Bertz CT molecular complexity index is 3000. The van der Waals surface area contributed by atoms with Crippen LogP contribution in [0.5, 0.6) is 23.1 Å². The fourth-order valence-electron chi connectivity index (χ4n) is 12.9. The summed E-state index contributed by atoms with van der Waals surface area (Å²) in [6.45, 7) is 13.7. The van der Waals surface area contributed by atoms with Gasteiger partial charge in [-0.3, -0.25) is 19.8 Å². The summed E-state index contributed by atoms with van der Waals surface area (Å²) in [5.41, 5.74) is 4.52. The number of nitro benzene ring substituents is 1. The molecule has 5 fully saturated rings. The number of nitro groups is 1. The van der Waals surface area contributed by atoms with Crippen molar-refractivity contribution in [2.45, 2.75) is 134 Å². The normalized spacial score (nSPS) is 23.2. The molecule has 6 aliphatic rings. The van der Waals surface area contributed by atoms with Crippen LogP contribution < -0.4 is 29.1 Å². The number of rotatable bonds is 14. The number of carbonyl (C=O) groups excluding carboxylic acids is 1. The van der Waals surface area contributed by atoms with Crippen molar-refractivity contribution in [2.75, 3.05) is 56.3 Å². The zero-order valence-corrected chi connectivity index (χ0v) is 44.0. The molecule has 11 rings (SSSR count). The van der Waals surface area contributed by atoms with Gasteiger partial charge in [0.05, 0.1) is 34.6 Å². The molecule has 1 spiro atoms. The fourth-order valence-corrected chi connectivity index (χ4v) is 13.9. The van der Waals surface area contributed by atoms with Crippen LogP contribution in [0.15, 0.2) is 77.8 Å². The Kier molecular flexibility index (Phi) is 13.8. The van der Waals surface area contributed by atoms with E-state index in [1.165, 1.54) is 42.9 Å². The molecule has 2 aromatic heterocycles. The lowest BCUT2D eigenvalue weighted by Gasteiger charge is -2.56. The SMILES string of the molecule is CC(C)c1ccccc1[C@H]1CCCN1C1CC2(CCN(c3ccc(C(=O)NS(=O)(=O)c4cc5c(c([N+](=O)[O-])c4)N[C@@H](C4CCC(C)(C)CC4)CO5)c(Oc4cc5cc[nH]c5nc4OC[C@@H]4CCCOC4)c3)CC2)C1. The largest absolute Gasteiger partial charge is 0.489 e. The monoisotopic (exact) mass is 1030 g/mol. The number of aromatic amines is 1. The Labute approximate surface area is 434 Å². The summed E-state index contributed by atoms with van der Waals surface area (Å²) in [6.07, 6.45) is 14.5. The van der Waals surface area contributed by atoms with Gasteiger partial charge in [-0.25, -0.2) is 13.1 Å². The van der Waals surface area contributed by atoms with Gasteiger partial charge in [-0.15, -0.1) is 0 Å². The number of nitrogens with one attached hydrogen (secondary N) is 3. The number of piperidine rings is 1. The zero-order valence-electron chi connectivity index (χ0n) is 43.2. The van der Waals surface area contributed by atoms with E-state index in [0.717, 1.165) is 88.1 Å². The van der Waals surface area contributed by atoms with Crippen LogP contribution in [0, 0.1) is 32.8 Å². The number of likely N-dealkylation sites (tertiary alicyclic amines) is 1. The molecule has 0 bridgehead atoms. The van der Waals surface area contributed by atoms with Crippen LogP contribution in [-0.4, -0.2) is 92.3 Å². The van der Waals surface area contributed by atoms with E-state index in [-0.39, 0.29) is 69.7 Å². The standard InChI is InChI=1S/C57H71N7O9S/c1-36(2)43-10-5-6-11-44(43)47-12-7-23-63(47)41-31-57(32-41)20-24-62(25-21-57)40-13-14-45(49(28-40)73-51-27-39-17-22-58-53(39)60-55(51)72-34-37-9-8-26-70-33-37)54(65)61-74(68,69)42-29-48(64(66)67)52-50(30-42)71-35-46(59-52)38-15-18-56(3,4)19-16-38/h5-6,10-11,13-14,17,22,27-30,36-38,41,46-47,59H,7-9,12,15-16,18-21,23-26,31-35H2,1-4H3,(H,58,60)(H,61,65)/t37-,46-,47-/m1/s1. The average molecular weight is 1030 g/mol. The third-order valence-electron chi connectivity index (χ3n) is 17.4. The Morgan fingerprint density at radius 1 is 0.946 bits per heavy atom. The molecule has 0 radical (unpaired) electrons. The molecular weight excluding hydrogens is 959 g/mol. The molecule has 5 aromatic rings. The first kappa shape index (κ1) is 50.3. The van der Waals surface area contributed by atoms with Crippen LogP contribution in [0.3, 0.4) is 0 Å². The summed E-state index contributed by atoms with van der Waals surface area (Å²) in [6, 6.07) is 21.0. The van der Waals surface area contributed by atoms with Crippen molar-refractivity contribution >= 4 is 44.0 Å². The number of fused-ring (bicyclic) bond motifs is 2. The van der Waals surface area contributed by atoms with Gasteiger partial charge in [0, 0.05) is 73.2 Å². The van der Waals surface area contributed by atoms with Crippen LogP contribution in [0.4, 0.5) is 17.1 Å². The Morgan fingerprint density at radius 3 is 2.50 bits per heavy atom. The molecule has 2 aliphatic carbocycles. The van der Waals surface area contributed by atoms with Gasteiger partial charge in [0.25, 0.3) is 27.5 Å². The van der Waals surface area contributed by atoms with Crippen LogP contribution in [0.1, 0.15) is 138 Å². The molecule has 74 heavy (non-hydrogen) atoms. The number of hydrogen-bond acceptors (Lipinski definition) is 13. The van der Waals surface area contributed by atoms with E-state index in [2.05, 4.69) is 76.8 Å². The molecule has 1 amide bonds. The number of sulfonamides is 1. The Balaban J connectivity index is 0.843. The first-order valence-electron chi connectivity index (χ1n) is 27.0. The van der Waals surface area contributed by atoms with Crippen LogP contribution in [-0.2, 0) is 14.8 Å². The minimum absolute atomic E-state index is 0.0427. The predicted molar refractivity (Wildman–Crippen MR) is 284 cm³/mol. The third-order valence-corrected chi connectivity index (χ3v) is 18.7. The van der Waals surface area contributed by atoms with E-state index in [4.69, 9.17) is 23.9 Å². The Hall–Kier alpha value is -5.91. The second-order valence-corrected chi connectivity index (χ2v) is 24.9. The molecule has 2 saturated carbocycles. The number of nitrogens with zero attached hydrogens (tertiary/aromatic N) is 4. The van der Waals surface area contributed by atoms with E-state index in [1.807, 2.05) is 12.1 Å². The summed E-state index contributed by atoms with van der Waals surface area (Å²) in [5, 5.41) is 16.7. The molecule has 0 unspecified atom stereocenters. The van der Waals surface area contributed by atoms with Gasteiger partial charge in [0.2, 0.25) is 0 Å². The number of ether oxygens (including phenoxy) is 4. The Morgan fingerprint density at radius 2 is 1.74 bits per heavy atom. The number of pyridine rings is 1. The number of anilines is 2. The van der Waals surface area contributed by atoms with Gasteiger partial charge >= 0.3 is 0 Å². The number of carbonyl (C=O) groups is 1. The maximum atomic E-state index is 14.5. The summed E-state index contributed by atoms with van der Waals surface area (Å²) >= 11 is 0. The number of amides is 1. The first-order valence-corrected chi connectivity index (χ1v) is 28.5. The lowest BCUT2D eigenvalue weighted by atomic mass is 9.59. The first-order chi connectivity index (χ1) is 35.6. The van der Waals surface area contributed by atoms with Crippen molar-refractivity contribution in [2.24, 2.45) is 22.7 Å². The second kappa shape index (κ2) is 20.3. The van der Waals surface area contributed by atoms with E-state index in [9.17, 15) is 23.3 Å².